The molecule has 0 aliphatic carbocycles. The predicted octanol–water partition coefficient (Wildman–Crippen LogP) is 3.62. The summed E-state index contributed by atoms with van der Waals surface area (Å²) in [5, 5.41) is 2.99. The molecule has 0 fully saturated rings. The Morgan fingerprint density at radius 1 is 1.27 bits per heavy atom. The SMILES string of the molecule is CN(C)CCC(CSc1ccccc1)NC(=O)OC(C)(C)C. The van der Waals surface area contributed by atoms with Gasteiger partial charge in [0.1, 0.15) is 5.60 Å². The van der Waals surface area contributed by atoms with Gasteiger partial charge in [0.2, 0.25) is 0 Å². The Morgan fingerprint density at radius 3 is 2.45 bits per heavy atom. The second-order valence-electron chi connectivity index (χ2n) is 6.56. The van der Waals surface area contributed by atoms with Crippen LogP contribution in [-0.2, 0) is 4.74 Å². The van der Waals surface area contributed by atoms with Gasteiger partial charge in [0, 0.05) is 16.7 Å². The number of carbonyl (C=O) groups excluding carboxylic acids is 1. The summed E-state index contributed by atoms with van der Waals surface area (Å²) < 4.78 is 5.35. The van der Waals surface area contributed by atoms with Gasteiger partial charge in [0.25, 0.3) is 0 Å². The van der Waals surface area contributed by atoms with Gasteiger partial charge in [-0.2, -0.15) is 0 Å². The minimum absolute atomic E-state index is 0.0856. The number of ether oxygens (including phenoxy) is 1. The summed E-state index contributed by atoms with van der Waals surface area (Å²) >= 11 is 1.75. The third-order valence-corrected chi connectivity index (χ3v) is 4.01. The first-order chi connectivity index (χ1) is 10.3. The van der Waals surface area contributed by atoms with Crippen molar-refractivity contribution >= 4 is 17.9 Å². The molecule has 0 bridgehead atoms. The van der Waals surface area contributed by atoms with E-state index in [4.69, 9.17) is 4.74 Å². The monoisotopic (exact) mass is 324 g/mol. The van der Waals surface area contributed by atoms with Gasteiger partial charge in [0.15, 0.2) is 0 Å². The van der Waals surface area contributed by atoms with Crippen molar-refractivity contribution in [2.75, 3.05) is 26.4 Å². The zero-order valence-corrected chi connectivity index (χ0v) is 15.1. The molecule has 4 nitrogen and oxygen atoms in total. The molecule has 1 N–H and O–H groups in total. The number of rotatable bonds is 7. The molecule has 1 unspecified atom stereocenters. The zero-order valence-electron chi connectivity index (χ0n) is 14.3. The smallest absolute Gasteiger partial charge is 0.407 e. The highest BCUT2D eigenvalue weighted by Crippen LogP contribution is 2.19. The van der Waals surface area contributed by atoms with Gasteiger partial charge < -0.3 is 15.0 Å². The van der Waals surface area contributed by atoms with Crippen molar-refractivity contribution in [2.24, 2.45) is 0 Å². The Balaban J connectivity index is 2.53. The molecule has 0 saturated heterocycles. The average molecular weight is 324 g/mol. The van der Waals surface area contributed by atoms with Gasteiger partial charge in [0.05, 0.1) is 0 Å². The Kier molecular flexibility index (Phi) is 7.76. The highest BCUT2D eigenvalue weighted by atomic mass is 32.2. The fraction of sp³-hybridized carbons (Fsp3) is 0.588. The molecule has 1 aromatic rings. The first-order valence-electron chi connectivity index (χ1n) is 7.58. The van der Waals surface area contributed by atoms with Crippen molar-refractivity contribution in [3.63, 3.8) is 0 Å². The van der Waals surface area contributed by atoms with Crippen molar-refractivity contribution in [3.8, 4) is 0 Å². The van der Waals surface area contributed by atoms with Gasteiger partial charge in [-0.1, -0.05) is 18.2 Å². The van der Waals surface area contributed by atoms with Crippen LogP contribution >= 0.6 is 11.8 Å². The molecule has 22 heavy (non-hydrogen) atoms. The van der Waals surface area contributed by atoms with Gasteiger partial charge in [-0.15, -0.1) is 11.8 Å². The molecule has 1 amide bonds. The molecular formula is C17H28N2O2S. The second-order valence-corrected chi connectivity index (χ2v) is 7.65. The molecule has 5 heteroatoms. The number of carbonyl (C=O) groups is 1. The van der Waals surface area contributed by atoms with E-state index in [9.17, 15) is 4.79 Å². The summed E-state index contributed by atoms with van der Waals surface area (Å²) in [7, 11) is 4.07. The fourth-order valence-electron chi connectivity index (χ4n) is 1.80. The summed E-state index contributed by atoms with van der Waals surface area (Å²) in [5.74, 6) is 0.830. The standard InChI is InChI=1S/C17H28N2O2S/c1-17(2,3)21-16(20)18-14(11-12-19(4)5)13-22-15-9-7-6-8-10-15/h6-10,14H,11-13H2,1-5H3,(H,18,20). The van der Waals surface area contributed by atoms with Crippen LogP contribution in [0.5, 0.6) is 0 Å². The van der Waals surface area contributed by atoms with E-state index in [1.54, 1.807) is 11.8 Å². The summed E-state index contributed by atoms with van der Waals surface area (Å²) in [6.45, 7) is 6.55. The summed E-state index contributed by atoms with van der Waals surface area (Å²) in [6, 6.07) is 10.3. The van der Waals surface area contributed by atoms with Crippen molar-refractivity contribution < 1.29 is 9.53 Å². The molecule has 1 aromatic carbocycles. The van der Waals surface area contributed by atoms with Gasteiger partial charge in [-0.05, 0) is 60.0 Å². The van der Waals surface area contributed by atoms with Crippen LogP contribution in [0.3, 0.4) is 0 Å². The third-order valence-electron chi connectivity index (χ3n) is 2.84. The molecule has 0 spiro atoms. The maximum absolute atomic E-state index is 12.0. The topological polar surface area (TPSA) is 41.6 Å². The van der Waals surface area contributed by atoms with E-state index in [-0.39, 0.29) is 12.1 Å². The Hall–Kier alpha value is -1.20. The molecule has 1 rings (SSSR count). The van der Waals surface area contributed by atoms with Gasteiger partial charge >= 0.3 is 6.09 Å². The minimum atomic E-state index is -0.469. The van der Waals surface area contributed by atoms with E-state index in [2.05, 4.69) is 22.3 Å². The number of thioether (sulfide) groups is 1. The molecular weight excluding hydrogens is 296 g/mol. The fourth-order valence-corrected chi connectivity index (χ4v) is 2.79. The maximum atomic E-state index is 12.0. The molecule has 0 aromatic heterocycles. The molecule has 0 aliphatic rings. The van der Waals surface area contributed by atoms with Gasteiger partial charge in [-0.3, -0.25) is 0 Å². The van der Waals surface area contributed by atoms with E-state index < -0.39 is 5.60 Å². The number of hydrogen-bond acceptors (Lipinski definition) is 4. The van der Waals surface area contributed by atoms with Crippen molar-refractivity contribution in [1.29, 1.82) is 0 Å². The normalized spacial score (nSPS) is 13.0. The van der Waals surface area contributed by atoms with E-state index in [1.165, 1.54) is 4.90 Å². The third kappa shape index (κ3) is 8.95. The first kappa shape index (κ1) is 18.8. The minimum Gasteiger partial charge on any atom is -0.444 e. The van der Waals surface area contributed by atoms with Crippen LogP contribution in [-0.4, -0.2) is 49.0 Å². The first-order valence-corrected chi connectivity index (χ1v) is 8.57. The lowest BCUT2D eigenvalue weighted by atomic mass is 10.2. The predicted molar refractivity (Wildman–Crippen MR) is 93.5 cm³/mol. The quantitative estimate of drug-likeness (QED) is 0.778. The van der Waals surface area contributed by atoms with Crippen molar-refractivity contribution in [1.82, 2.24) is 10.2 Å². The average Bonchev–Trinajstić information content (AvgIpc) is 2.41. The highest BCUT2D eigenvalue weighted by Gasteiger charge is 2.19. The second kappa shape index (κ2) is 9.06. The number of nitrogens with one attached hydrogen (secondary N) is 1. The van der Waals surface area contributed by atoms with Crippen LogP contribution in [0.2, 0.25) is 0 Å². The van der Waals surface area contributed by atoms with Crippen LogP contribution in [0.25, 0.3) is 0 Å². The Morgan fingerprint density at radius 2 is 1.91 bits per heavy atom. The van der Waals surface area contributed by atoms with E-state index >= 15 is 0 Å². The lowest BCUT2D eigenvalue weighted by Gasteiger charge is -2.24. The lowest BCUT2D eigenvalue weighted by Crippen LogP contribution is -2.41. The van der Waals surface area contributed by atoms with Crippen LogP contribution in [0.15, 0.2) is 35.2 Å². The van der Waals surface area contributed by atoms with E-state index in [1.807, 2.05) is 53.1 Å². The van der Waals surface area contributed by atoms with E-state index in [0.717, 1.165) is 18.7 Å². The van der Waals surface area contributed by atoms with Gasteiger partial charge in [-0.25, -0.2) is 4.79 Å². The Labute approximate surface area is 138 Å². The van der Waals surface area contributed by atoms with E-state index in [0.29, 0.717) is 0 Å². The van der Waals surface area contributed by atoms with Crippen LogP contribution < -0.4 is 5.32 Å². The zero-order chi connectivity index (χ0) is 16.6. The largest absolute Gasteiger partial charge is 0.444 e. The number of amides is 1. The lowest BCUT2D eigenvalue weighted by molar-refractivity contribution is 0.0506. The summed E-state index contributed by atoms with van der Waals surface area (Å²) in [5.41, 5.74) is -0.469. The van der Waals surface area contributed by atoms with Crippen LogP contribution in [0, 0.1) is 0 Å². The Bertz CT molecular complexity index is 444. The molecule has 0 heterocycles. The highest BCUT2D eigenvalue weighted by molar-refractivity contribution is 7.99. The molecule has 0 saturated carbocycles. The maximum Gasteiger partial charge on any atom is 0.407 e. The molecule has 0 aliphatic heterocycles. The van der Waals surface area contributed by atoms with Crippen LogP contribution in [0.1, 0.15) is 27.2 Å². The number of hydrogen-bond donors (Lipinski definition) is 1. The molecule has 124 valence electrons. The summed E-state index contributed by atoms with van der Waals surface area (Å²) in [4.78, 5) is 15.3. The summed E-state index contributed by atoms with van der Waals surface area (Å²) in [6.07, 6.45) is 0.552. The molecule has 0 radical (unpaired) electrons. The number of alkyl carbamates (subject to hydrolysis) is 1. The van der Waals surface area contributed by atoms with Crippen molar-refractivity contribution in [2.45, 2.75) is 43.7 Å². The molecule has 1 atom stereocenters. The number of nitrogens with zero attached hydrogens (tertiary/aromatic N) is 1. The van der Waals surface area contributed by atoms with Crippen LogP contribution in [0.4, 0.5) is 4.79 Å². The number of benzene rings is 1. The van der Waals surface area contributed by atoms with Crippen molar-refractivity contribution in [3.05, 3.63) is 30.3 Å².